The van der Waals surface area contributed by atoms with Crippen molar-refractivity contribution in [3.05, 3.63) is 12.2 Å². The second-order valence-electron chi connectivity index (χ2n) is 3.10. The van der Waals surface area contributed by atoms with Crippen molar-refractivity contribution < 1.29 is 0 Å². The van der Waals surface area contributed by atoms with Gasteiger partial charge in [-0.2, -0.15) is 4.98 Å². The number of nitrogens with one attached hydrogen (secondary N) is 1. The van der Waals surface area contributed by atoms with E-state index in [-0.39, 0.29) is 0 Å². The van der Waals surface area contributed by atoms with Crippen molar-refractivity contribution in [3.8, 4) is 11.8 Å². The molecule has 2 rings (SSSR count). The second kappa shape index (κ2) is 4.06. The highest BCUT2D eigenvalue weighted by atomic mass is 15.4. The topological polar surface area (TPSA) is 81.6 Å². The van der Waals surface area contributed by atoms with Crippen molar-refractivity contribution in [2.75, 3.05) is 18.2 Å². The Hall–Kier alpha value is -2.29. The number of imidazole rings is 1. The maximum atomic E-state index is 5.77. The van der Waals surface area contributed by atoms with Gasteiger partial charge in [0, 0.05) is 13.5 Å². The van der Waals surface area contributed by atoms with E-state index in [1.54, 1.807) is 18.1 Å². The maximum absolute atomic E-state index is 5.77. The summed E-state index contributed by atoms with van der Waals surface area (Å²) in [7, 11) is 1.77. The summed E-state index contributed by atoms with van der Waals surface area (Å²) in [5.41, 5.74) is 9.91. The molecule has 2 aromatic heterocycles. The van der Waals surface area contributed by atoms with Crippen LogP contribution in [0.5, 0.6) is 0 Å². The molecule has 6 heteroatoms. The summed E-state index contributed by atoms with van der Waals surface area (Å²) in [6.07, 6.45) is 2.36. The van der Waals surface area contributed by atoms with Crippen LogP contribution < -0.4 is 11.2 Å². The Morgan fingerprint density at radius 1 is 1.50 bits per heavy atom. The van der Waals surface area contributed by atoms with E-state index >= 15 is 0 Å². The van der Waals surface area contributed by atoms with Crippen molar-refractivity contribution in [1.29, 1.82) is 0 Å². The molecule has 0 radical (unpaired) electrons. The van der Waals surface area contributed by atoms with Gasteiger partial charge in [0.1, 0.15) is 6.33 Å². The van der Waals surface area contributed by atoms with E-state index in [0.717, 1.165) is 6.42 Å². The monoisotopic (exact) mass is 216 g/mol. The molecule has 2 aromatic rings. The molecule has 2 heterocycles. The van der Waals surface area contributed by atoms with Gasteiger partial charge in [0.15, 0.2) is 17.0 Å². The van der Waals surface area contributed by atoms with Crippen molar-refractivity contribution in [1.82, 2.24) is 19.6 Å². The van der Waals surface area contributed by atoms with E-state index in [1.807, 2.05) is 6.92 Å². The molecule has 0 aliphatic carbocycles. The van der Waals surface area contributed by atoms with E-state index in [9.17, 15) is 0 Å². The van der Waals surface area contributed by atoms with Crippen LogP contribution in [-0.4, -0.2) is 26.7 Å². The lowest BCUT2D eigenvalue weighted by Gasteiger charge is -2.01. The van der Waals surface area contributed by atoms with Gasteiger partial charge in [-0.3, -0.25) is 0 Å². The molecule has 82 valence electrons. The van der Waals surface area contributed by atoms with E-state index in [4.69, 9.17) is 5.73 Å². The van der Waals surface area contributed by atoms with Crippen molar-refractivity contribution in [2.45, 2.75) is 13.3 Å². The molecule has 3 N–H and O–H groups in total. The zero-order chi connectivity index (χ0) is 11.5. The smallest absolute Gasteiger partial charge is 0.209 e. The molecule has 0 fully saturated rings. The third-order valence-electron chi connectivity index (χ3n) is 2.04. The van der Waals surface area contributed by atoms with Gasteiger partial charge < -0.3 is 11.2 Å². The molecule has 0 unspecified atom stereocenters. The molecule has 16 heavy (non-hydrogen) atoms. The Balaban J connectivity index is 2.63. The van der Waals surface area contributed by atoms with Gasteiger partial charge in [0.05, 0.1) is 0 Å². The largest absolute Gasteiger partial charge is 0.382 e. The minimum Gasteiger partial charge on any atom is -0.382 e. The third kappa shape index (κ3) is 1.63. The van der Waals surface area contributed by atoms with Crippen LogP contribution in [0.4, 0.5) is 5.82 Å². The quantitative estimate of drug-likeness (QED) is 0.672. The van der Waals surface area contributed by atoms with Gasteiger partial charge in [-0.05, 0) is 5.92 Å². The summed E-state index contributed by atoms with van der Waals surface area (Å²) in [5.74, 6) is 6.52. The Bertz CT molecular complexity index is 574. The first-order chi connectivity index (χ1) is 7.76. The summed E-state index contributed by atoms with van der Waals surface area (Å²) < 4.78 is 1.67. The fourth-order valence-corrected chi connectivity index (χ4v) is 1.31. The molecular formula is C10H12N6. The molecule has 0 aromatic carbocycles. The fourth-order valence-electron chi connectivity index (χ4n) is 1.31. The molecule has 0 spiro atoms. The highest BCUT2D eigenvalue weighted by molar-refractivity contribution is 5.82. The Morgan fingerprint density at radius 3 is 3.00 bits per heavy atom. The van der Waals surface area contributed by atoms with Gasteiger partial charge in [0.25, 0.3) is 0 Å². The first kappa shape index (κ1) is 10.2. The number of hydrogen-bond donors (Lipinski definition) is 2. The molecule has 0 bridgehead atoms. The normalized spacial score (nSPS) is 9.88. The summed E-state index contributed by atoms with van der Waals surface area (Å²) in [6.45, 7) is 1.97. The third-order valence-corrected chi connectivity index (χ3v) is 2.04. The first-order valence-electron chi connectivity index (χ1n) is 4.93. The van der Waals surface area contributed by atoms with Crippen LogP contribution in [0.25, 0.3) is 11.2 Å². The number of nitrogen functional groups attached to an aromatic ring is 1. The summed E-state index contributed by atoms with van der Waals surface area (Å²) in [5, 5.41) is 0. The van der Waals surface area contributed by atoms with Gasteiger partial charge in [-0.1, -0.05) is 12.8 Å². The van der Waals surface area contributed by atoms with Gasteiger partial charge in [-0.15, -0.1) is 0 Å². The predicted octanol–water partition coefficient (Wildman–Crippen LogP) is 0.343. The number of nitrogens with two attached hydrogens (primary N) is 1. The minimum absolute atomic E-state index is 0.347. The zero-order valence-corrected chi connectivity index (χ0v) is 9.15. The first-order valence-corrected chi connectivity index (χ1v) is 4.93. The average Bonchev–Trinajstić information content (AvgIpc) is 2.69. The second-order valence-corrected chi connectivity index (χ2v) is 3.10. The predicted molar refractivity (Wildman–Crippen MR) is 62.2 cm³/mol. The van der Waals surface area contributed by atoms with E-state index in [2.05, 4.69) is 32.2 Å². The summed E-state index contributed by atoms with van der Waals surface area (Å²) in [6, 6.07) is 0. The van der Waals surface area contributed by atoms with Crippen LogP contribution >= 0.6 is 0 Å². The van der Waals surface area contributed by atoms with Crippen LogP contribution in [-0.2, 0) is 0 Å². The summed E-state index contributed by atoms with van der Waals surface area (Å²) >= 11 is 0. The number of hydrogen-bond acceptors (Lipinski definition) is 5. The van der Waals surface area contributed by atoms with Crippen LogP contribution in [0.1, 0.15) is 19.2 Å². The number of fused-ring (bicyclic) bond motifs is 1. The molecule has 0 amide bonds. The van der Waals surface area contributed by atoms with Gasteiger partial charge in [0.2, 0.25) is 5.82 Å². The lowest BCUT2D eigenvalue weighted by molar-refractivity contribution is 0.935. The highest BCUT2D eigenvalue weighted by Gasteiger charge is 2.09. The minimum atomic E-state index is 0.347. The van der Waals surface area contributed by atoms with E-state index in [0.29, 0.717) is 22.8 Å². The highest BCUT2D eigenvalue weighted by Crippen LogP contribution is 2.14. The van der Waals surface area contributed by atoms with Crippen LogP contribution in [0.3, 0.4) is 0 Å². The van der Waals surface area contributed by atoms with Crippen molar-refractivity contribution in [3.63, 3.8) is 0 Å². The number of aromatic nitrogens is 4. The molecule has 0 atom stereocenters. The lowest BCUT2D eigenvalue weighted by Crippen LogP contribution is -2.09. The van der Waals surface area contributed by atoms with E-state index in [1.165, 1.54) is 0 Å². The molecule has 0 aliphatic heterocycles. The Labute approximate surface area is 92.9 Å². The summed E-state index contributed by atoms with van der Waals surface area (Å²) in [4.78, 5) is 12.5. The molecule has 0 saturated heterocycles. The molecule has 0 saturated carbocycles. The van der Waals surface area contributed by atoms with E-state index < -0.39 is 0 Å². The number of nitrogens with zero attached hydrogens (tertiary/aromatic N) is 4. The average molecular weight is 216 g/mol. The molecule has 0 aliphatic rings. The van der Waals surface area contributed by atoms with Crippen molar-refractivity contribution >= 4 is 17.0 Å². The number of anilines is 1. The molecule has 6 nitrogen and oxygen atoms in total. The maximum Gasteiger partial charge on any atom is 0.209 e. The van der Waals surface area contributed by atoms with Gasteiger partial charge in [-0.25, -0.2) is 14.6 Å². The molecular weight excluding hydrogens is 204 g/mol. The van der Waals surface area contributed by atoms with Crippen LogP contribution in [0, 0.1) is 11.8 Å². The van der Waals surface area contributed by atoms with Crippen LogP contribution in [0.2, 0.25) is 0 Å². The fraction of sp³-hybridized carbons (Fsp3) is 0.300. The Morgan fingerprint density at radius 2 is 2.31 bits per heavy atom. The van der Waals surface area contributed by atoms with Crippen molar-refractivity contribution in [2.24, 2.45) is 0 Å². The Kier molecular flexibility index (Phi) is 2.60. The standard InChI is InChI=1S/C10H12N6/c1-3-4-5-7-14-9(11)8-10(15-7)16(12-2)6-13-8/h6,12H,3H2,1-2H3,(H2,11,14,15). The SMILES string of the molecule is CCC#Cc1nc(N)c2ncn(NC)c2n1. The van der Waals surface area contributed by atoms with Crippen LogP contribution in [0.15, 0.2) is 6.33 Å². The number of rotatable bonds is 1. The lowest BCUT2D eigenvalue weighted by atomic mass is 10.4. The van der Waals surface area contributed by atoms with Gasteiger partial charge >= 0.3 is 0 Å². The zero-order valence-electron chi connectivity index (χ0n) is 9.15.